The van der Waals surface area contributed by atoms with Gasteiger partial charge in [-0.05, 0) is 22.7 Å². The van der Waals surface area contributed by atoms with Crippen LogP contribution in [0.15, 0.2) is 78.9 Å². The molecule has 3 rings (SSSR count). The summed E-state index contributed by atoms with van der Waals surface area (Å²) >= 11 is 0. The normalized spacial score (nSPS) is 10.7. The van der Waals surface area contributed by atoms with Crippen LogP contribution in [0.1, 0.15) is 0 Å². The summed E-state index contributed by atoms with van der Waals surface area (Å²) in [5, 5.41) is 2.35. The van der Waals surface area contributed by atoms with Gasteiger partial charge in [0.05, 0.1) is 5.44 Å². The van der Waals surface area contributed by atoms with Gasteiger partial charge < -0.3 is 0 Å². The van der Waals surface area contributed by atoms with E-state index in [2.05, 4.69) is 29.2 Å². The molecule has 0 fully saturated rings. The van der Waals surface area contributed by atoms with E-state index in [1.54, 1.807) is 6.07 Å². The van der Waals surface area contributed by atoms with E-state index in [9.17, 15) is 4.39 Å². The van der Waals surface area contributed by atoms with Crippen molar-refractivity contribution in [2.24, 2.45) is 0 Å². The molecule has 1 heterocycles. The molecule has 0 aliphatic heterocycles. The predicted molar refractivity (Wildman–Crippen MR) is 82.9 cm³/mol. The maximum atomic E-state index is 13.5. The summed E-state index contributed by atoms with van der Waals surface area (Å²) in [6, 6.07) is 25.3. The van der Waals surface area contributed by atoms with Crippen molar-refractivity contribution in [3.63, 3.8) is 0 Å². The van der Waals surface area contributed by atoms with Crippen LogP contribution in [0.3, 0.4) is 0 Å². The number of rotatable bonds is 3. The van der Waals surface area contributed by atoms with Gasteiger partial charge in [-0.1, -0.05) is 66.7 Å². The van der Waals surface area contributed by atoms with Crippen molar-refractivity contribution < 1.29 is 4.39 Å². The summed E-state index contributed by atoms with van der Waals surface area (Å²) in [4.78, 5) is 4.09. The van der Waals surface area contributed by atoms with E-state index in [-0.39, 0.29) is 0 Å². The van der Waals surface area contributed by atoms with Gasteiger partial charge in [0, 0.05) is 7.92 Å². The Labute approximate surface area is 118 Å². The molecule has 1 aromatic heterocycles. The standard InChI is InChI=1S/C17H13FNP/c18-16-12-7-13-17(19-16)20(14-8-3-1-4-9-14)15-10-5-2-6-11-15/h1-13H. The van der Waals surface area contributed by atoms with E-state index < -0.39 is 13.9 Å². The lowest BCUT2D eigenvalue weighted by Gasteiger charge is -2.17. The van der Waals surface area contributed by atoms with Gasteiger partial charge in [-0.25, -0.2) is 4.98 Å². The first-order chi connectivity index (χ1) is 9.84. The van der Waals surface area contributed by atoms with Crippen LogP contribution in [0.4, 0.5) is 4.39 Å². The molecule has 20 heavy (non-hydrogen) atoms. The van der Waals surface area contributed by atoms with E-state index in [0.717, 1.165) is 5.44 Å². The molecule has 0 aliphatic rings. The van der Waals surface area contributed by atoms with Crippen LogP contribution in [0, 0.1) is 5.95 Å². The second-order valence-electron chi connectivity index (χ2n) is 4.33. The summed E-state index contributed by atoms with van der Waals surface area (Å²) in [7, 11) is -0.813. The lowest BCUT2D eigenvalue weighted by atomic mass is 10.4. The van der Waals surface area contributed by atoms with Gasteiger partial charge in [-0.3, -0.25) is 0 Å². The second-order valence-corrected chi connectivity index (χ2v) is 6.49. The molecule has 0 N–H and O–H groups in total. The molecular weight excluding hydrogens is 268 g/mol. The summed E-state index contributed by atoms with van der Waals surface area (Å²) in [5.41, 5.74) is 0.789. The van der Waals surface area contributed by atoms with Crippen LogP contribution < -0.4 is 16.0 Å². The smallest absolute Gasteiger partial charge is 0.213 e. The third-order valence-corrected chi connectivity index (χ3v) is 5.29. The van der Waals surface area contributed by atoms with Gasteiger partial charge in [0.1, 0.15) is 0 Å². The minimum atomic E-state index is -0.813. The molecule has 0 saturated heterocycles. The van der Waals surface area contributed by atoms with Crippen molar-refractivity contribution >= 4 is 24.0 Å². The van der Waals surface area contributed by atoms with Crippen LogP contribution >= 0.6 is 7.92 Å². The summed E-state index contributed by atoms with van der Waals surface area (Å²) in [6.45, 7) is 0. The first-order valence-corrected chi connectivity index (χ1v) is 7.71. The minimum Gasteiger partial charge on any atom is -0.219 e. The van der Waals surface area contributed by atoms with Crippen molar-refractivity contribution in [3.05, 3.63) is 84.8 Å². The highest BCUT2D eigenvalue weighted by atomic mass is 31.1. The number of halogens is 1. The second kappa shape index (κ2) is 5.94. The quantitative estimate of drug-likeness (QED) is 0.531. The fourth-order valence-electron chi connectivity index (χ4n) is 2.09. The Hall–Kier alpha value is -2.05. The molecule has 0 aliphatic carbocycles. The Morgan fingerprint density at radius 3 is 1.70 bits per heavy atom. The third-order valence-electron chi connectivity index (χ3n) is 2.96. The average Bonchev–Trinajstić information content (AvgIpc) is 2.50. The Morgan fingerprint density at radius 2 is 1.20 bits per heavy atom. The van der Waals surface area contributed by atoms with E-state index >= 15 is 0 Å². The highest BCUT2D eigenvalue weighted by Gasteiger charge is 2.17. The molecule has 3 heteroatoms. The summed E-state index contributed by atoms with van der Waals surface area (Å²) in [6.07, 6.45) is 0. The Bertz CT molecular complexity index is 646. The molecule has 2 aromatic carbocycles. The largest absolute Gasteiger partial charge is 0.219 e. The van der Waals surface area contributed by atoms with E-state index in [0.29, 0.717) is 0 Å². The number of nitrogens with zero attached hydrogens (tertiary/aromatic N) is 1. The number of pyridine rings is 1. The first-order valence-electron chi connectivity index (χ1n) is 6.37. The van der Waals surface area contributed by atoms with E-state index in [1.807, 2.05) is 42.5 Å². The summed E-state index contributed by atoms with van der Waals surface area (Å²) in [5.74, 6) is -0.429. The Morgan fingerprint density at radius 1 is 0.650 bits per heavy atom. The lowest BCUT2D eigenvalue weighted by Crippen LogP contribution is -2.23. The number of benzene rings is 2. The van der Waals surface area contributed by atoms with Crippen LogP contribution in [0.25, 0.3) is 0 Å². The van der Waals surface area contributed by atoms with Crippen molar-refractivity contribution in [3.8, 4) is 0 Å². The fraction of sp³-hybridized carbons (Fsp3) is 0. The lowest BCUT2D eigenvalue weighted by molar-refractivity contribution is 0.587. The fourth-order valence-corrected chi connectivity index (χ4v) is 4.29. The molecule has 0 spiro atoms. The molecule has 0 radical (unpaired) electrons. The SMILES string of the molecule is Fc1cccc(P(c2ccccc2)c2ccccc2)n1. The van der Waals surface area contributed by atoms with Crippen molar-refractivity contribution in [1.29, 1.82) is 0 Å². The maximum Gasteiger partial charge on any atom is 0.213 e. The van der Waals surface area contributed by atoms with Gasteiger partial charge >= 0.3 is 0 Å². The highest BCUT2D eigenvalue weighted by Crippen LogP contribution is 2.31. The van der Waals surface area contributed by atoms with Gasteiger partial charge in [0.15, 0.2) is 0 Å². The topological polar surface area (TPSA) is 12.9 Å². The third kappa shape index (κ3) is 2.76. The monoisotopic (exact) mass is 281 g/mol. The highest BCUT2D eigenvalue weighted by molar-refractivity contribution is 7.79. The number of aromatic nitrogens is 1. The van der Waals surface area contributed by atoms with Crippen molar-refractivity contribution in [2.45, 2.75) is 0 Å². The van der Waals surface area contributed by atoms with Gasteiger partial charge in [0.25, 0.3) is 0 Å². The average molecular weight is 281 g/mol. The number of hydrogen-bond acceptors (Lipinski definition) is 1. The van der Waals surface area contributed by atoms with Gasteiger partial charge in [-0.15, -0.1) is 0 Å². The molecule has 0 bridgehead atoms. The zero-order valence-electron chi connectivity index (χ0n) is 10.8. The Kier molecular flexibility index (Phi) is 3.85. The van der Waals surface area contributed by atoms with Crippen molar-refractivity contribution in [2.75, 3.05) is 0 Å². The molecule has 1 nitrogen and oxygen atoms in total. The predicted octanol–water partition coefficient (Wildman–Crippen LogP) is 2.98. The Balaban J connectivity index is 2.14. The van der Waals surface area contributed by atoms with Gasteiger partial charge in [0.2, 0.25) is 5.95 Å². The van der Waals surface area contributed by atoms with Crippen molar-refractivity contribution in [1.82, 2.24) is 4.98 Å². The zero-order chi connectivity index (χ0) is 13.8. The molecule has 3 aromatic rings. The van der Waals surface area contributed by atoms with Crippen LogP contribution in [-0.4, -0.2) is 4.98 Å². The molecule has 0 atom stereocenters. The van der Waals surface area contributed by atoms with Gasteiger partial charge in [-0.2, -0.15) is 4.39 Å². The minimum absolute atomic E-state index is 0.429. The summed E-state index contributed by atoms with van der Waals surface area (Å²) < 4.78 is 13.5. The zero-order valence-corrected chi connectivity index (χ0v) is 11.7. The maximum absolute atomic E-state index is 13.5. The first kappa shape index (κ1) is 13.0. The van der Waals surface area contributed by atoms with Crippen LogP contribution in [0.2, 0.25) is 0 Å². The van der Waals surface area contributed by atoms with Crippen LogP contribution in [-0.2, 0) is 0 Å². The molecule has 0 saturated carbocycles. The van der Waals surface area contributed by atoms with E-state index in [1.165, 1.54) is 16.7 Å². The molecule has 0 amide bonds. The van der Waals surface area contributed by atoms with Crippen LogP contribution in [0.5, 0.6) is 0 Å². The molecular formula is C17H13FNP. The number of hydrogen-bond donors (Lipinski definition) is 0. The molecule has 98 valence electrons. The molecule has 0 unspecified atom stereocenters. The van der Waals surface area contributed by atoms with E-state index in [4.69, 9.17) is 0 Å².